The number of rotatable bonds is 7. The summed E-state index contributed by atoms with van der Waals surface area (Å²) in [5, 5.41) is 4.42. The van der Waals surface area contributed by atoms with Gasteiger partial charge in [-0.25, -0.2) is 0 Å². The number of nitrogens with one attached hydrogen (secondary N) is 1. The molecular formula is C16H26N2OS. The van der Waals surface area contributed by atoms with Crippen molar-refractivity contribution in [3.8, 4) is 5.75 Å². The zero-order valence-electron chi connectivity index (χ0n) is 12.6. The van der Waals surface area contributed by atoms with Gasteiger partial charge in [0.05, 0.1) is 13.3 Å². The van der Waals surface area contributed by atoms with Crippen molar-refractivity contribution in [1.29, 1.82) is 0 Å². The quantitative estimate of drug-likeness (QED) is 0.829. The lowest BCUT2D eigenvalue weighted by molar-refractivity contribution is 0.411. The molecule has 1 heterocycles. The lowest BCUT2D eigenvalue weighted by atomic mass is 10.0. The van der Waals surface area contributed by atoms with Crippen LogP contribution in [-0.2, 0) is 0 Å². The minimum atomic E-state index is 0.370. The first kappa shape index (κ1) is 15.6. The molecule has 1 N–H and O–H groups in total. The molecule has 1 unspecified atom stereocenters. The molecule has 0 aromatic carbocycles. The van der Waals surface area contributed by atoms with Gasteiger partial charge in [0.15, 0.2) is 0 Å². The number of ether oxygens (including phenoxy) is 1. The van der Waals surface area contributed by atoms with Crippen LogP contribution >= 0.6 is 11.8 Å². The summed E-state index contributed by atoms with van der Waals surface area (Å²) in [6.07, 6.45) is 10.7. The van der Waals surface area contributed by atoms with Crippen LogP contribution in [0, 0.1) is 0 Å². The van der Waals surface area contributed by atoms with Crippen LogP contribution in [0.25, 0.3) is 0 Å². The number of hydrogen-bond donors (Lipinski definition) is 1. The predicted molar refractivity (Wildman–Crippen MR) is 86.5 cm³/mol. The molecule has 0 aliphatic heterocycles. The summed E-state index contributed by atoms with van der Waals surface area (Å²) in [6, 6.07) is 2.47. The molecule has 3 nitrogen and oxygen atoms in total. The maximum absolute atomic E-state index is 5.28. The Hall–Kier alpha value is -0.740. The van der Waals surface area contributed by atoms with E-state index in [1.54, 1.807) is 13.3 Å². The molecule has 112 valence electrons. The Bertz CT molecular complexity index is 394. The third-order valence-corrected chi connectivity index (χ3v) is 5.34. The SMILES string of the molecule is CCNC(CSC1CCCCC1)c1cncc(OC)c1. The lowest BCUT2D eigenvalue weighted by Gasteiger charge is -2.24. The highest BCUT2D eigenvalue weighted by molar-refractivity contribution is 7.99. The van der Waals surface area contributed by atoms with Crippen molar-refractivity contribution < 1.29 is 4.74 Å². The maximum Gasteiger partial charge on any atom is 0.137 e. The van der Waals surface area contributed by atoms with Crippen LogP contribution in [0.2, 0.25) is 0 Å². The Balaban J connectivity index is 1.94. The van der Waals surface area contributed by atoms with Crippen LogP contribution in [0.3, 0.4) is 0 Å². The molecule has 1 aliphatic rings. The van der Waals surface area contributed by atoms with Gasteiger partial charge in [-0.3, -0.25) is 4.98 Å². The molecule has 0 bridgehead atoms. The third kappa shape index (κ3) is 4.67. The van der Waals surface area contributed by atoms with E-state index in [-0.39, 0.29) is 0 Å². The topological polar surface area (TPSA) is 34.2 Å². The van der Waals surface area contributed by atoms with Gasteiger partial charge in [-0.05, 0) is 31.0 Å². The molecule has 1 atom stereocenters. The number of aromatic nitrogens is 1. The second-order valence-corrected chi connectivity index (χ2v) is 6.70. The van der Waals surface area contributed by atoms with E-state index in [1.165, 1.54) is 37.7 Å². The van der Waals surface area contributed by atoms with Crippen molar-refractivity contribution in [1.82, 2.24) is 10.3 Å². The fraction of sp³-hybridized carbons (Fsp3) is 0.688. The van der Waals surface area contributed by atoms with Gasteiger partial charge < -0.3 is 10.1 Å². The van der Waals surface area contributed by atoms with Gasteiger partial charge in [-0.1, -0.05) is 26.2 Å². The van der Waals surface area contributed by atoms with E-state index >= 15 is 0 Å². The smallest absolute Gasteiger partial charge is 0.137 e. The molecule has 20 heavy (non-hydrogen) atoms. The second kappa shape index (κ2) is 8.53. The van der Waals surface area contributed by atoms with Gasteiger partial charge in [0, 0.05) is 23.2 Å². The fourth-order valence-electron chi connectivity index (χ4n) is 2.72. The highest BCUT2D eigenvalue weighted by Gasteiger charge is 2.18. The predicted octanol–water partition coefficient (Wildman–Crippen LogP) is 3.81. The van der Waals surface area contributed by atoms with E-state index in [1.807, 2.05) is 6.20 Å². The first-order valence-corrected chi connectivity index (χ1v) is 8.72. The molecule has 0 saturated heterocycles. The number of hydrogen-bond acceptors (Lipinski definition) is 4. The summed E-state index contributed by atoms with van der Waals surface area (Å²) < 4.78 is 5.28. The van der Waals surface area contributed by atoms with Crippen LogP contribution in [0.4, 0.5) is 0 Å². The van der Waals surface area contributed by atoms with Crippen molar-refractivity contribution in [3.63, 3.8) is 0 Å². The average molecular weight is 294 g/mol. The fourth-order valence-corrected chi connectivity index (χ4v) is 4.16. The van der Waals surface area contributed by atoms with Gasteiger partial charge in [0.1, 0.15) is 5.75 Å². The minimum absolute atomic E-state index is 0.370. The molecule has 4 heteroatoms. The van der Waals surface area contributed by atoms with E-state index < -0.39 is 0 Å². The van der Waals surface area contributed by atoms with E-state index in [0.717, 1.165) is 23.3 Å². The first-order valence-electron chi connectivity index (χ1n) is 7.67. The Morgan fingerprint density at radius 3 is 2.85 bits per heavy atom. The van der Waals surface area contributed by atoms with Crippen LogP contribution in [0.1, 0.15) is 50.6 Å². The average Bonchev–Trinajstić information content (AvgIpc) is 2.52. The number of nitrogens with zero attached hydrogens (tertiary/aromatic N) is 1. The van der Waals surface area contributed by atoms with E-state index in [2.05, 4.69) is 35.1 Å². The normalized spacial score (nSPS) is 17.9. The molecule has 1 aliphatic carbocycles. The van der Waals surface area contributed by atoms with Crippen molar-refractivity contribution in [3.05, 3.63) is 24.0 Å². The van der Waals surface area contributed by atoms with Gasteiger partial charge in [-0.15, -0.1) is 0 Å². The molecule has 0 amide bonds. The van der Waals surface area contributed by atoms with E-state index in [0.29, 0.717) is 6.04 Å². The highest BCUT2D eigenvalue weighted by Crippen LogP contribution is 2.31. The molecule has 1 saturated carbocycles. The number of thioether (sulfide) groups is 1. The summed E-state index contributed by atoms with van der Waals surface area (Å²) >= 11 is 2.12. The summed E-state index contributed by atoms with van der Waals surface area (Å²) in [5.41, 5.74) is 1.23. The second-order valence-electron chi connectivity index (χ2n) is 5.36. The standard InChI is InChI=1S/C16H26N2OS/c1-3-18-16(12-20-15-7-5-4-6-8-15)13-9-14(19-2)11-17-10-13/h9-11,15-16,18H,3-8,12H2,1-2H3. The first-order chi connectivity index (χ1) is 9.83. The molecule has 1 fully saturated rings. The number of pyridine rings is 1. The lowest BCUT2D eigenvalue weighted by Crippen LogP contribution is -2.24. The van der Waals surface area contributed by atoms with Crippen LogP contribution in [0.5, 0.6) is 5.75 Å². The van der Waals surface area contributed by atoms with Gasteiger partial charge in [0.25, 0.3) is 0 Å². The van der Waals surface area contributed by atoms with Gasteiger partial charge >= 0.3 is 0 Å². The Morgan fingerprint density at radius 2 is 2.15 bits per heavy atom. The van der Waals surface area contributed by atoms with E-state index in [9.17, 15) is 0 Å². The summed E-state index contributed by atoms with van der Waals surface area (Å²) in [5.74, 6) is 1.96. The third-order valence-electron chi connectivity index (χ3n) is 3.87. The zero-order valence-corrected chi connectivity index (χ0v) is 13.4. The Morgan fingerprint density at radius 1 is 1.35 bits per heavy atom. The molecule has 2 rings (SSSR count). The molecule has 0 spiro atoms. The zero-order chi connectivity index (χ0) is 14.2. The van der Waals surface area contributed by atoms with Crippen LogP contribution in [-0.4, -0.2) is 29.6 Å². The monoisotopic (exact) mass is 294 g/mol. The summed E-state index contributed by atoms with van der Waals surface area (Å²) in [4.78, 5) is 4.28. The van der Waals surface area contributed by atoms with Crippen LogP contribution < -0.4 is 10.1 Å². The molecular weight excluding hydrogens is 268 g/mol. The highest BCUT2D eigenvalue weighted by atomic mass is 32.2. The van der Waals surface area contributed by atoms with Gasteiger partial charge in [-0.2, -0.15) is 11.8 Å². The Kier molecular flexibility index (Phi) is 6.67. The Labute approximate surface area is 126 Å². The largest absolute Gasteiger partial charge is 0.495 e. The van der Waals surface area contributed by atoms with Crippen LogP contribution in [0.15, 0.2) is 18.5 Å². The molecule has 1 aromatic heterocycles. The molecule has 1 aromatic rings. The van der Waals surface area contributed by atoms with Crippen molar-refractivity contribution in [2.45, 2.75) is 50.3 Å². The summed E-state index contributed by atoms with van der Waals surface area (Å²) in [7, 11) is 1.69. The summed E-state index contributed by atoms with van der Waals surface area (Å²) in [6.45, 7) is 3.14. The van der Waals surface area contributed by atoms with Crippen molar-refractivity contribution >= 4 is 11.8 Å². The molecule has 0 radical (unpaired) electrons. The van der Waals surface area contributed by atoms with E-state index in [4.69, 9.17) is 4.74 Å². The maximum atomic E-state index is 5.28. The number of methoxy groups -OCH3 is 1. The van der Waals surface area contributed by atoms with Crippen molar-refractivity contribution in [2.75, 3.05) is 19.4 Å². The minimum Gasteiger partial charge on any atom is -0.495 e. The van der Waals surface area contributed by atoms with Crippen molar-refractivity contribution in [2.24, 2.45) is 0 Å². The van der Waals surface area contributed by atoms with Gasteiger partial charge in [0.2, 0.25) is 0 Å².